The summed E-state index contributed by atoms with van der Waals surface area (Å²) in [5.41, 5.74) is 10.5. The third-order valence-electron chi connectivity index (χ3n) is 5.09. The second-order valence-corrected chi connectivity index (χ2v) is 9.61. The van der Waals surface area contributed by atoms with E-state index in [9.17, 15) is 0 Å². The smallest absolute Gasteiger partial charge is 0.156 e. The molecule has 3 aromatic rings. The van der Waals surface area contributed by atoms with E-state index in [0.717, 1.165) is 0 Å². The minimum Gasteiger partial charge on any atom is -0.156 e. The van der Waals surface area contributed by atoms with Crippen molar-refractivity contribution in [2.75, 3.05) is 0 Å². The molecule has 0 aliphatic carbocycles. The topological polar surface area (TPSA) is 0 Å². The Kier molecular flexibility index (Phi) is 3.67. The van der Waals surface area contributed by atoms with Crippen LogP contribution in [-0.4, -0.2) is 8.11 Å². The van der Waals surface area contributed by atoms with Crippen LogP contribution >= 0.6 is 11.1 Å². The number of fused-ring (bicyclic) bond motifs is 3. The first-order chi connectivity index (χ1) is 11.5. The van der Waals surface area contributed by atoms with Gasteiger partial charge in [-0.1, -0.05) is 54.1 Å². The largest absolute Gasteiger partial charge is 0.236 e. The zero-order valence-electron chi connectivity index (χ0n) is 14.5. The van der Waals surface area contributed by atoms with Crippen molar-refractivity contribution in [3.05, 3.63) is 70.8 Å². The van der Waals surface area contributed by atoms with Crippen molar-refractivity contribution in [3.8, 4) is 22.3 Å². The first kappa shape index (κ1) is 15.7. The molecule has 1 radical (unpaired) electrons. The van der Waals surface area contributed by atoms with Crippen molar-refractivity contribution in [2.45, 2.75) is 27.7 Å². The lowest BCUT2D eigenvalue weighted by atomic mass is 9.95. The minimum absolute atomic E-state index is 1.24. The van der Waals surface area contributed by atoms with Crippen LogP contribution in [0, 0.1) is 27.7 Å². The Labute approximate surface area is 150 Å². The van der Waals surface area contributed by atoms with Crippen LogP contribution in [-0.2, 0) is 0 Å². The lowest BCUT2D eigenvalue weighted by Gasteiger charge is -2.12. The molecule has 0 saturated carbocycles. The highest BCUT2D eigenvalue weighted by Crippen LogP contribution is 2.32. The molecule has 1 aliphatic rings. The van der Waals surface area contributed by atoms with Gasteiger partial charge in [0, 0.05) is 0 Å². The van der Waals surface area contributed by atoms with Crippen molar-refractivity contribution in [2.24, 2.45) is 0 Å². The lowest BCUT2D eigenvalue weighted by Crippen LogP contribution is -2.35. The van der Waals surface area contributed by atoms with Gasteiger partial charge in [-0.2, -0.15) is 11.1 Å². The normalized spacial score (nSPS) is 13.0. The summed E-state index contributed by atoms with van der Waals surface area (Å²) in [7, 11) is -1.24. The molecule has 0 bridgehead atoms. The quantitative estimate of drug-likeness (QED) is 0.433. The second kappa shape index (κ2) is 5.61. The van der Waals surface area contributed by atoms with E-state index in [2.05, 4.69) is 76.2 Å². The molecule has 0 nitrogen and oxygen atoms in total. The molecule has 0 fully saturated rings. The van der Waals surface area contributed by atoms with E-state index in [4.69, 9.17) is 11.1 Å². The van der Waals surface area contributed by atoms with Gasteiger partial charge in [0.25, 0.3) is 0 Å². The van der Waals surface area contributed by atoms with Gasteiger partial charge in [-0.05, 0) is 77.0 Å². The molecular weight excluding hydrogens is 328 g/mol. The van der Waals surface area contributed by atoms with Gasteiger partial charge in [-0.15, -0.1) is 0 Å². The summed E-state index contributed by atoms with van der Waals surface area (Å²) in [5, 5.41) is 2.73. The van der Waals surface area contributed by atoms with Gasteiger partial charge in [-0.3, -0.25) is 0 Å². The van der Waals surface area contributed by atoms with Gasteiger partial charge in [0.15, 0.2) is 0 Å². The molecule has 0 amide bonds. The maximum atomic E-state index is 7.06. The predicted molar refractivity (Wildman–Crippen MR) is 107 cm³/mol. The Morgan fingerprint density at radius 1 is 0.667 bits per heavy atom. The minimum atomic E-state index is -1.24. The van der Waals surface area contributed by atoms with Gasteiger partial charge in [0.2, 0.25) is 8.11 Å². The Bertz CT molecular complexity index is 972. The summed E-state index contributed by atoms with van der Waals surface area (Å²) in [5.74, 6) is 0. The van der Waals surface area contributed by atoms with Crippen LogP contribution in [0.2, 0.25) is 0 Å². The van der Waals surface area contributed by atoms with E-state index in [0.29, 0.717) is 0 Å². The monoisotopic (exact) mass is 347 g/mol. The lowest BCUT2D eigenvalue weighted by molar-refractivity contribution is 1.34. The fourth-order valence-electron chi connectivity index (χ4n) is 3.76. The maximum Gasteiger partial charge on any atom is 0.236 e. The number of rotatable bonds is 1. The molecule has 0 spiro atoms. The summed E-state index contributed by atoms with van der Waals surface area (Å²) < 4.78 is 0. The Hall–Kier alpha value is -1.83. The van der Waals surface area contributed by atoms with Crippen molar-refractivity contribution >= 4 is 29.6 Å². The molecule has 0 unspecified atom stereocenters. The molecule has 0 aromatic heterocycles. The highest BCUT2D eigenvalue weighted by Gasteiger charge is 2.33. The molecule has 3 aromatic carbocycles. The number of aryl methyl sites for hydroxylation is 4. The summed E-state index contributed by atoms with van der Waals surface area (Å²) in [4.78, 5) is 0. The van der Waals surface area contributed by atoms with Crippen molar-refractivity contribution in [1.82, 2.24) is 0 Å². The van der Waals surface area contributed by atoms with Crippen molar-refractivity contribution in [1.29, 1.82) is 0 Å². The molecular formula is C22H20ClSi. The summed E-state index contributed by atoms with van der Waals surface area (Å²) in [6.45, 7) is 8.70. The molecule has 1 aliphatic heterocycles. The van der Waals surface area contributed by atoms with Crippen LogP contribution in [0.15, 0.2) is 48.5 Å². The van der Waals surface area contributed by atoms with Crippen LogP contribution in [0.4, 0.5) is 0 Å². The third kappa shape index (κ3) is 2.27. The van der Waals surface area contributed by atoms with Crippen molar-refractivity contribution < 1.29 is 0 Å². The molecule has 0 N–H and O–H groups in total. The molecule has 4 rings (SSSR count). The zero-order chi connectivity index (χ0) is 17.0. The molecule has 119 valence electrons. The van der Waals surface area contributed by atoms with Gasteiger partial charge in [0.1, 0.15) is 0 Å². The predicted octanol–water partition coefficient (Wildman–Crippen LogP) is 4.91. The molecule has 0 saturated heterocycles. The van der Waals surface area contributed by atoms with E-state index >= 15 is 0 Å². The van der Waals surface area contributed by atoms with E-state index in [1.807, 2.05) is 0 Å². The number of benzene rings is 3. The summed E-state index contributed by atoms with van der Waals surface area (Å²) >= 11 is 7.06. The zero-order valence-corrected chi connectivity index (χ0v) is 16.3. The van der Waals surface area contributed by atoms with E-state index in [1.54, 1.807) is 0 Å². The standard InChI is InChI=1S/C22H20ClSi/c1-13-10-16(4)21-20(11-13)19-7-5-6-18(22(19)24(21)23)17-9-8-14(2)15(3)12-17/h5-12H,1-4H3. The van der Waals surface area contributed by atoms with E-state index in [1.165, 1.54) is 54.9 Å². The first-order valence-corrected chi connectivity index (χ1v) is 10.8. The Morgan fingerprint density at radius 3 is 2.17 bits per heavy atom. The highest BCUT2D eigenvalue weighted by molar-refractivity contribution is 7.23. The van der Waals surface area contributed by atoms with E-state index < -0.39 is 8.11 Å². The first-order valence-electron chi connectivity index (χ1n) is 8.33. The molecule has 1 heterocycles. The molecule has 2 heteroatoms. The fourth-order valence-corrected chi connectivity index (χ4v) is 7.15. The van der Waals surface area contributed by atoms with Gasteiger partial charge < -0.3 is 0 Å². The van der Waals surface area contributed by atoms with Gasteiger partial charge in [-0.25, -0.2) is 0 Å². The van der Waals surface area contributed by atoms with Crippen LogP contribution in [0.5, 0.6) is 0 Å². The van der Waals surface area contributed by atoms with E-state index in [-0.39, 0.29) is 0 Å². The molecule has 24 heavy (non-hydrogen) atoms. The van der Waals surface area contributed by atoms with Gasteiger partial charge in [0.05, 0.1) is 0 Å². The van der Waals surface area contributed by atoms with Crippen LogP contribution in [0.25, 0.3) is 22.3 Å². The molecule has 0 atom stereocenters. The number of hydrogen-bond acceptors (Lipinski definition) is 0. The Balaban J connectivity index is 1.98. The number of hydrogen-bond donors (Lipinski definition) is 0. The van der Waals surface area contributed by atoms with Crippen LogP contribution in [0.3, 0.4) is 0 Å². The van der Waals surface area contributed by atoms with Gasteiger partial charge >= 0.3 is 0 Å². The fraction of sp³-hybridized carbons (Fsp3) is 0.182. The van der Waals surface area contributed by atoms with Crippen molar-refractivity contribution in [3.63, 3.8) is 0 Å². The number of halogens is 1. The Morgan fingerprint density at radius 2 is 1.42 bits per heavy atom. The maximum absolute atomic E-state index is 7.06. The summed E-state index contributed by atoms with van der Waals surface area (Å²) in [6.07, 6.45) is 0. The highest BCUT2D eigenvalue weighted by atomic mass is 35.6. The third-order valence-corrected chi connectivity index (χ3v) is 8.31. The average Bonchev–Trinajstić information content (AvgIpc) is 2.83. The average molecular weight is 348 g/mol. The van der Waals surface area contributed by atoms with Crippen LogP contribution < -0.4 is 10.4 Å². The second-order valence-electron chi connectivity index (χ2n) is 6.85. The SMILES string of the molecule is Cc1cc(C)c2c(c1)-c1cccc(-c3ccc(C)c(C)c3)c1[Si]2Cl. The summed E-state index contributed by atoms with van der Waals surface area (Å²) in [6, 6.07) is 17.9. The van der Waals surface area contributed by atoms with Crippen LogP contribution in [0.1, 0.15) is 22.3 Å².